The van der Waals surface area contributed by atoms with Gasteiger partial charge in [-0.1, -0.05) is 6.92 Å². The molecule has 1 N–H and O–H groups in total. The molecule has 0 fully saturated rings. The van der Waals surface area contributed by atoms with Crippen LogP contribution in [0.25, 0.3) is 0 Å². The molecular formula is C16H17F2NO. The molecule has 0 atom stereocenters. The van der Waals surface area contributed by atoms with Crippen LogP contribution < -0.4 is 10.1 Å². The molecule has 2 nitrogen and oxygen atoms in total. The van der Waals surface area contributed by atoms with Crippen LogP contribution in [0.2, 0.25) is 0 Å². The Kier molecular flexibility index (Phi) is 5.07. The molecule has 0 saturated carbocycles. The molecule has 0 aliphatic carbocycles. The number of ether oxygens (including phenoxy) is 1. The van der Waals surface area contributed by atoms with Crippen molar-refractivity contribution in [3.63, 3.8) is 0 Å². The molecule has 0 unspecified atom stereocenters. The van der Waals surface area contributed by atoms with Crippen molar-refractivity contribution >= 4 is 0 Å². The lowest BCUT2D eigenvalue weighted by molar-refractivity contribution is 0.473. The molecular weight excluding hydrogens is 260 g/mol. The topological polar surface area (TPSA) is 21.3 Å². The van der Waals surface area contributed by atoms with Gasteiger partial charge in [-0.05, 0) is 54.9 Å². The first-order valence-electron chi connectivity index (χ1n) is 6.61. The minimum atomic E-state index is -0.349. The number of rotatable bonds is 6. The molecule has 0 aliphatic heterocycles. The summed E-state index contributed by atoms with van der Waals surface area (Å²) in [5, 5.41) is 3.21. The number of halogens is 2. The zero-order valence-electron chi connectivity index (χ0n) is 11.3. The van der Waals surface area contributed by atoms with E-state index in [1.807, 2.05) is 0 Å². The summed E-state index contributed by atoms with van der Waals surface area (Å²) in [4.78, 5) is 0. The molecule has 20 heavy (non-hydrogen) atoms. The highest BCUT2D eigenvalue weighted by Gasteiger charge is 2.03. The van der Waals surface area contributed by atoms with Gasteiger partial charge >= 0.3 is 0 Å². The largest absolute Gasteiger partial charge is 0.457 e. The lowest BCUT2D eigenvalue weighted by atomic mass is 10.2. The molecule has 0 bridgehead atoms. The fraction of sp³-hybridized carbons (Fsp3) is 0.250. The molecule has 2 aromatic carbocycles. The molecule has 0 heterocycles. The van der Waals surface area contributed by atoms with Gasteiger partial charge in [0.05, 0.1) is 0 Å². The van der Waals surface area contributed by atoms with Crippen LogP contribution in [0.5, 0.6) is 11.5 Å². The van der Waals surface area contributed by atoms with Crippen molar-refractivity contribution in [2.24, 2.45) is 0 Å². The molecule has 0 saturated heterocycles. The van der Waals surface area contributed by atoms with Crippen LogP contribution >= 0.6 is 0 Å². The summed E-state index contributed by atoms with van der Waals surface area (Å²) in [5.41, 5.74) is 0.815. The fourth-order valence-electron chi connectivity index (χ4n) is 1.83. The van der Waals surface area contributed by atoms with Crippen molar-refractivity contribution in [3.05, 3.63) is 59.7 Å². The Bertz CT molecular complexity index is 555. The molecule has 106 valence electrons. The number of hydrogen-bond donors (Lipinski definition) is 1. The molecule has 4 heteroatoms. The van der Waals surface area contributed by atoms with Gasteiger partial charge in [-0.3, -0.25) is 0 Å². The lowest BCUT2D eigenvalue weighted by Gasteiger charge is -2.09. The number of hydrogen-bond acceptors (Lipinski definition) is 2. The Labute approximate surface area is 117 Å². The normalized spacial score (nSPS) is 10.6. The van der Waals surface area contributed by atoms with E-state index in [0.29, 0.717) is 18.0 Å². The quantitative estimate of drug-likeness (QED) is 0.797. The Balaban J connectivity index is 2.09. The van der Waals surface area contributed by atoms with E-state index in [2.05, 4.69) is 12.2 Å². The third kappa shape index (κ3) is 4.31. The Morgan fingerprint density at radius 3 is 2.40 bits per heavy atom. The standard InChI is InChI=1S/C16H17F2NO/c1-2-7-19-11-12-8-14(18)10-16(9-12)20-15-5-3-13(17)4-6-15/h3-6,8-10,19H,2,7,11H2,1H3. The van der Waals surface area contributed by atoms with Crippen LogP contribution in [-0.2, 0) is 6.54 Å². The van der Waals surface area contributed by atoms with Crippen molar-refractivity contribution < 1.29 is 13.5 Å². The summed E-state index contributed by atoms with van der Waals surface area (Å²) in [6.07, 6.45) is 1.02. The predicted octanol–water partition coefficient (Wildman–Crippen LogP) is 4.26. The van der Waals surface area contributed by atoms with E-state index in [1.165, 1.54) is 36.4 Å². The van der Waals surface area contributed by atoms with Crippen molar-refractivity contribution in [1.29, 1.82) is 0 Å². The zero-order chi connectivity index (χ0) is 14.4. The first-order chi connectivity index (χ1) is 9.67. The van der Waals surface area contributed by atoms with Crippen LogP contribution in [0.1, 0.15) is 18.9 Å². The summed E-state index contributed by atoms with van der Waals surface area (Å²) in [7, 11) is 0. The average Bonchev–Trinajstić information content (AvgIpc) is 2.41. The van der Waals surface area contributed by atoms with E-state index >= 15 is 0 Å². The Hall–Kier alpha value is -1.94. The molecule has 0 amide bonds. The molecule has 0 aliphatic rings. The second-order valence-corrected chi connectivity index (χ2v) is 4.53. The summed E-state index contributed by atoms with van der Waals surface area (Å²) in [5.74, 6) is 0.202. The van der Waals surface area contributed by atoms with Gasteiger partial charge in [0, 0.05) is 12.6 Å². The van der Waals surface area contributed by atoms with Gasteiger partial charge in [0.2, 0.25) is 0 Å². The van der Waals surface area contributed by atoms with Crippen LogP contribution in [0, 0.1) is 11.6 Å². The molecule has 2 aromatic rings. The maximum Gasteiger partial charge on any atom is 0.130 e. The third-order valence-electron chi connectivity index (χ3n) is 2.74. The van der Waals surface area contributed by atoms with Gasteiger partial charge in [0.15, 0.2) is 0 Å². The molecule has 0 spiro atoms. The van der Waals surface area contributed by atoms with Crippen molar-refractivity contribution in [1.82, 2.24) is 5.32 Å². The van der Waals surface area contributed by atoms with Gasteiger partial charge in [0.1, 0.15) is 23.1 Å². The van der Waals surface area contributed by atoms with Gasteiger partial charge in [-0.15, -0.1) is 0 Å². The van der Waals surface area contributed by atoms with E-state index in [4.69, 9.17) is 4.74 Å². The highest BCUT2D eigenvalue weighted by molar-refractivity contribution is 5.34. The SMILES string of the molecule is CCCNCc1cc(F)cc(Oc2ccc(F)cc2)c1. The smallest absolute Gasteiger partial charge is 0.130 e. The minimum absolute atomic E-state index is 0.332. The first-order valence-corrected chi connectivity index (χ1v) is 6.61. The predicted molar refractivity (Wildman–Crippen MR) is 74.9 cm³/mol. The fourth-order valence-corrected chi connectivity index (χ4v) is 1.83. The summed E-state index contributed by atoms with van der Waals surface area (Å²) >= 11 is 0. The molecule has 0 radical (unpaired) electrons. The summed E-state index contributed by atoms with van der Waals surface area (Å²) < 4.78 is 31.9. The second kappa shape index (κ2) is 7.01. The number of nitrogens with one attached hydrogen (secondary N) is 1. The van der Waals surface area contributed by atoms with E-state index in [0.717, 1.165) is 18.5 Å². The van der Waals surface area contributed by atoms with Gasteiger partial charge < -0.3 is 10.1 Å². The van der Waals surface area contributed by atoms with Crippen LogP contribution in [0.15, 0.2) is 42.5 Å². The Morgan fingerprint density at radius 1 is 0.950 bits per heavy atom. The van der Waals surface area contributed by atoms with Crippen molar-refractivity contribution in [3.8, 4) is 11.5 Å². The minimum Gasteiger partial charge on any atom is -0.457 e. The van der Waals surface area contributed by atoms with Crippen LogP contribution in [0.3, 0.4) is 0 Å². The van der Waals surface area contributed by atoms with Crippen molar-refractivity contribution in [2.45, 2.75) is 19.9 Å². The first kappa shape index (κ1) is 14.5. The highest BCUT2D eigenvalue weighted by Crippen LogP contribution is 2.23. The second-order valence-electron chi connectivity index (χ2n) is 4.53. The van der Waals surface area contributed by atoms with E-state index in [-0.39, 0.29) is 11.6 Å². The maximum absolute atomic E-state index is 13.5. The molecule has 0 aromatic heterocycles. The highest BCUT2D eigenvalue weighted by atomic mass is 19.1. The maximum atomic E-state index is 13.5. The van der Waals surface area contributed by atoms with Gasteiger partial charge in [-0.25, -0.2) is 8.78 Å². The van der Waals surface area contributed by atoms with E-state index < -0.39 is 0 Å². The monoisotopic (exact) mass is 277 g/mol. The zero-order valence-corrected chi connectivity index (χ0v) is 11.3. The van der Waals surface area contributed by atoms with E-state index in [9.17, 15) is 8.78 Å². The van der Waals surface area contributed by atoms with Gasteiger partial charge in [0.25, 0.3) is 0 Å². The Morgan fingerprint density at radius 2 is 1.70 bits per heavy atom. The summed E-state index contributed by atoms with van der Waals surface area (Å²) in [6.45, 7) is 3.54. The summed E-state index contributed by atoms with van der Waals surface area (Å²) in [6, 6.07) is 10.2. The van der Waals surface area contributed by atoms with Crippen LogP contribution in [0.4, 0.5) is 8.78 Å². The third-order valence-corrected chi connectivity index (χ3v) is 2.74. The average molecular weight is 277 g/mol. The lowest BCUT2D eigenvalue weighted by Crippen LogP contribution is -2.13. The van der Waals surface area contributed by atoms with E-state index in [1.54, 1.807) is 6.07 Å². The van der Waals surface area contributed by atoms with Gasteiger partial charge in [-0.2, -0.15) is 0 Å². The number of benzene rings is 2. The van der Waals surface area contributed by atoms with Crippen molar-refractivity contribution in [2.75, 3.05) is 6.54 Å². The van der Waals surface area contributed by atoms with Crippen LogP contribution in [-0.4, -0.2) is 6.54 Å². The molecule has 2 rings (SSSR count).